The summed E-state index contributed by atoms with van der Waals surface area (Å²) in [4.78, 5) is 22.8. The maximum atomic E-state index is 11.7. The van der Waals surface area contributed by atoms with Gasteiger partial charge >= 0.3 is 5.97 Å². The Morgan fingerprint density at radius 2 is 2.00 bits per heavy atom. The first kappa shape index (κ1) is 15.2. The van der Waals surface area contributed by atoms with Gasteiger partial charge in [0.15, 0.2) is 6.61 Å². The van der Waals surface area contributed by atoms with Gasteiger partial charge < -0.3 is 14.8 Å². The largest absolute Gasteiger partial charge is 0.454 e. The number of amides is 1. The lowest BCUT2D eigenvalue weighted by atomic mass is 10.1. The van der Waals surface area contributed by atoms with Gasteiger partial charge in [-0.05, 0) is 24.5 Å². The van der Waals surface area contributed by atoms with E-state index in [0.717, 1.165) is 23.2 Å². The first-order valence-corrected chi connectivity index (χ1v) is 6.11. The number of aryl methyl sites for hydroxylation is 2. The molecule has 0 radical (unpaired) electrons. The fourth-order valence-corrected chi connectivity index (χ4v) is 1.68. The van der Waals surface area contributed by atoms with Crippen molar-refractivity contribution in [1.82, 2.24) is 0 Å². The zero-order chi connectivity index (χ0) is 14.3. The number of carbonyl (C=O) groups excluding carboxylic acids is 2. The molecule has 0 aliphatic carbocycles. The molecule has 0 spiro atoms. The van der Waals surface area contributed by atoms with E-state index in [4.69, 9.17) is 4.74 Å². The van der Waals surface area contributed by atoms with Crippen LogP contribution in [0.5, 0.6) is 0 Å². The summed E-state index contributed by atoms with van der Waals surface area (Å²) in [7, 11) is 1.39. The molecule has 5 heteroatoms. The van der Waals surface area contributed by atoms with Crippen molar-refractivity contribution in [3.05, 3.63) is 29.3 Å². The second-order valence-electron chi connectivity index (χ2n) is 4.10. The number of ether oxygens (including phenoxy) is 2. The topological polar surface area (TPSA) is 64.6 Å². The number of esters is 1. The minimum atomic E-state index is -0.557. The number of hydrogen-bond acceptors (Lipinski definition) is 4. The Labute approximate surface area is 112 Å². The molecule has 1 rings (SSSR count). The van der Waals surface area contributed by atoms with Gasteiger partial charge in [-0.25, -0.2) is 4.79 Å². The van der Waals surface area contributed by atoms with Crippen LogP contribution in [-0.4, -0.2) is 32.2 Å². The van der Waals surface area contributed by atoms with Gasteiger partial charge in [0.2, 0.25) is 0 Å². The van der Waals surface area contributed by atoms with Crippen molar-refractivity contribution in [3.63, 3.8) is 0 Å². The summed E-state index contributed by atoms with van der Waals surface area (Å²) in [5.41, 5.74) is 2.82. The van der Waals surface area contributed by atoms with E-state index in [1.165, 1.54) is 7.11 Å². The van der Waals surface area contributed by atoms with Gasteiger partial charge in [-0.3, -0.25) is 4.79 Å². The van der Waals surface area contributed by atoms with Gasteiger partial charge in [-0.2, -0.15) is 0 Å². The van der Waals surface area contributed by atoms with Crippen molar-refractivity contribution in [2.45, 2.75) is 20.3 Å². The maximum absolute atomic E-state index is 11.7. The van der Waals surface area contributed by atoms with Crippen LogP contribution in [0.1, 0.15) is 18.1 Å². The minimum absolute atomic E-state index is 0.155. The molecule has 1 amide bonds. The Morgan fingerprint density at radius 1 is 1.26 bits per heavy atom. The Hall–Kier alpha value is -1.88. The van der Waals surface area contributed by atoms with Crippen LogP contribution in [0.15, 0.2) is 18.2 Å². The highest BCUT2D eigenvalue weighted by Crippen LogP contribution is 2.20. The van der Waals surface area contributed by atoms with Crippen molar-refractivity contribution >= 4 is 17.6 Å². The molecule has 1 N–H and O–H groups in total. The third kappa shape index (κ3) is 4.71. The van der Waals surface area contributed by atoms with Gasteiger partial charge in [-0.15, -0.1) is 0 Å². The number of para-hydroxylation sites is 1. The van der Waals surface area contributed by atoms with Crippen LogP contribution in [0.2, 0.25) is 0 Å². The molecule has 0 aliphatic rings. The number of anilines is 1. The highest BCUT2D eigenvalue weighted by Gasteiger charge is 2.10. The summed E-state index contributed by atoms with van der Waals surface area (Å²) in [6.07, 6.45) is 0.820. The van der Waals surface area contributed by atoms with E-state index in [2.05, 4.69) is 10.1 Å². The minimum Gasteiger partial charge on any atom is -0.454 e. The Morgan fingerprint density at radius 3 is 2.63 bits per heavy atom. The van der Waals surface area contributed by atoms with E-state index in [-0.39, 0.29) is 19.1 Å². The average Bonchev–Trinajstić information content (AvgIpc) is 2.39. The van der Waals surface area contributed by atoms with E-state index in [1.54, 1.807) is 0 Å². The predicted molar refractivity (Wildman–Crippen MR) is 72.0 cm³/mol. The van der Waals surface area contributed by atoms with Crippen LogP contribution < -0.4 is 5.32 Å². The molecule has 0 unspecified atom stereocenters. The summed E-state index contributed by atoms with van der Waals surface area (Å²) in [5.74, 6) is -0.911. The molecule has 0 aromatic heterocycles. The van der Waals surface area contributed by atoms with Gasteiger partial charge in [0.25, 0.3) is 5.91 Å². The lowest BCUT2D eigenvalue weighted by Gasteiger charge is -2.13. The van der Waals surface area contributed by atoms with Crippen LogP contribution >= 0.6 is 0 Å². The molecule has 1 aromatic carbocycles. The third-order valence-corrected chi connectivity index (χ3v) is 2.63. The van der Waals surface area contributed by atoms with Crippen molar-refractivity contribution in [2.24, 2.45) is 0 Å². The molecular weight excluding hydrogens is 246 g/mol. The highest BCUT2D eigenvalue weighted by atomic mass is 16.6. The average molecular weight is 265 g/mol. The van der Waals surface area contributed by atoms with E-state index in [9.17, 15) is 9.59 Å². The van der Waals surface area contributed by atoms with Crippen LogP contribution in [0.4, 0.5) is 5.69 Å². The molecule has 1 aromatic rings. The molecule has 0 fully saturated rings. The number of methoxy groups -OCH3 is 1. The monoisotopic (exact) mass is 265 g/mol. The molecular formula is C14H19NO4. The fourth-order valence-electron chi connectivity index (χ4n) is 1.68. The molecule has 0 aliphatic heterocycles. The third-order valence-electron chi connectivity index (χ3n) is 2.63. The molecule has 0 saturated carbocycles. The predicted octanol–water partition coefficient (Wildman–Crippen LogP) is 1.69. The van der Waals surface area contributed by atoms with Crippen molar-refractivity contribution in [3.8, 4) is 0 Å². The van der Waals surface area contributed by atoms with Crippen LogP contribution in [0, 0.1) is 6.92 Å². The lowest BCUT2D eigenvalue weighted by Crippen LogP contribution is -2.23. The first-order chi connectivity index (χ1) is 9.08. The fraction of sp³-hybridized carbons (Fsp3) is 0.429. The molecule has 0 atom stereocenters. The van der Waals surface area contributed by atoms with E-state index in [0.29, 0.717) is 0 Å². The zero-order valence-electron chi connectivity index (χ0n) is 11.5. The summed E-state index contributed by atoms with van der Waals surface area (Å²) in [5, 5.41) is 2.77. The van der Waals surface area contributed by atoms with Gasteiger partial charge in [0.1, 0.15) is 6.61 Å². The molecule has 19 heavy (non-hydrogen) atoms. The van der Waals surface area contributed by atoms with Crippen LogP contribution in [-0.2, 0) is 25.5 Å². The molecule has 5 nitrogen and oxygen atoms in total. The smallest absolute Gasteiger partial charge is 0.332 e. The van der Waals surface area contributed by atoms with Crippen molar-refractivity contribution in [1.29, 1.82) is 0 Å². The number of hydrogen-bond donors (Lipinski definition) is 1. The van der Waals surface area contributed by atoms with Crippen molar-refractivity contribution in [2.75, 3.05) is 25.6 Å². The first-order valence-electron chi connectivity index (χ1n) is 6.11. The Kier molecular flexibility index (Phi) is 6.02. The number of carbonyl (C=O) groups is 2. The van der Waals surface area contributed by atoms with E-state index >= 15 is 0 Å². The van der Waals surface area contributed by atoms with Gasteiger partial charge in [0.05, 0.1) is 0 Å². The summed E-state index contributed by atoms with van der Waals surface area (Å²) in [6.45, 7) is 3.48. The summed E-state index contributed by atoms with van der Waals surface area (Å²) < 4.78 is 9.36. The van der Waals surface area contributed by atoms with Crippen LogP contribution in [0.25, 0.3) is 0 Å². The highest BCUT2D eigenvalue weighted by molar-refractivity contribution is 5.94. The SMILES string of the molecule is CCc1cccc(C)c1NC(=O)COC(=O)COC. The maximum Gasteiger partial charge on any atom is 0.332 e. The molecule has 0 heterocycles. The van der Waals surface area contributed by atoms with Crippen LogP contribution in [0.3, 0.4) is 0 Å². The summed E-state index contributed by atoms with van der Waals surface area (Å²) >= 11 is 0. The Balaban J connectivity index is 2.60. The quantitative estimate of drug-likeness (QED) is 0.795. The summed E-state index contributed by atoms with van der Waals surface area (Å²) in [6, 6.07) is 5.83. The van der Waals surface area contributed by atoms with Gasteiger partial charge in [-0.1, -0.05) is 25.1 Å². The second kappa shape index (κ2) is 7.53. The normalized spacial score (nSPS) is 10.1. The van der Waals surface area contributed by atoms with E-state index < -0.39 is 5.97 Å². The van der Waals surface area contributed by atoms with Crippen molar-refractivity contribution < 1.29 is 19.1 Å². The standard InChI is InChI=1S/C14H19NO4/c1-4-11-7-5-6-10(2)14(11)15-12(16)8-19-13(17)9-18-3/h5-7H,4,8-9H2,1-3H3,(H,15,16). The second-order valence-corrected chi connectivity index (χ2v) is 4.10. The number of benzene rings is 1. The van der Waals surface area contributed by atoms with Gasteiger partial charge in [0, 0.05) is 12.8 Å². The molecule has 0 saturated heterocycles. The number of nitrogens with one attached hydrogen (secondary N) is 1. The molecule has 104 valence electrons. The number of rotatable bonds is 6. The molecule has 0 bridgehead atoms. The van der Waals surface area contributed by atoms with E-state index in [1.807, 2.05) is 32.0 Å². The lowest BCUT2D eigenvalue weighted by molar-refractivity contribution is -0.150. The Bertz CT molecular complexity index is 457. The zero-order valence-corrected chi connectivity index (χ0v) is 11.5.